The molecule has 0 aliphatic rings. The van der Waals surface area contributed by atoms with E-state index in [-0.39, 0.29) is 17.5 Å². The molecule has 0 saturated heterocycles. The van der Waals surface area contributed by atoms with E-state index >= 15 is 0 Å². The van der Waals surface area contributed by atoms with Gasteiger partial charge >= 0.3 is 6.18 Å². The maximum atomic E-state index is 12.6. The van der Waals surface area contributed by atoms with Crippen LogP contribution in [-0.4, -0.2) is 17.0 Å². The largest absolute Gasteiger partial charge is 0.467 e. The molecule has 102 valence electrons. The Hall–Kier alpha value is -1.76. The van der Waals surface area contributed by atoms with Gasteiger partial charge in [-0.2, -0.15) is 13.2 Å². The van der Waals surface area contributed by atoms with Crippen LogP contribution in [0.2, 0.25) is 5.15 Å². The van der Waals surface area contributed by atoms with Crippen LogP contribution in [0.1, 0.15) is 11.6 Å². The van der Waals surface area contributed by atoms with E-state index in [1.165, 1.54) is 17.2 Å². The lowest BCUT2D eigenvalue weighted by molar-refractivity contribution is -0.144. The molecule has 19 heavy (non-hydrogen) atoms. The van der Waals surface area contributed by atoms with Gasteiger partial charge < -0.3 is 9.32 Å². The number of nitrogens with zero attached hydrogens (tertiary/aromatic N) is 3. The number of anilines is 1. The Morgan fingerprint density at radius 2 is 2.11 bits per heavy atom. The second-order valence-electron chi connectivity index (χ2n) is 3.81. The van der Waals surface area contributed by atoms with Crippen LogP contribution in [0.4, 0.5) is 19.0 Å². The summed E-state index contributed by atoms with van der Waals surface area (Å²) in [6.07, 6.45) is -3.15. The minimum absolute atomic E-state index is 0.0729. The number of furan rings is 1. The van der Waals surface area contributed by atoms with Gasteiger partial charge in [-0.05, 0) is 12.1 Å². The van der Waals surface area contributed by atoms with Crippen LogP contribution < -0.4 is 4.90 Å². The van der Waals surface area contributed by atoms with Gasteiger partial charge in [0.1, 0.15) is 16.7 Å². The summed E-state index contributed by atoms with van der Waals surface area (Å²) in [4.78, 5) is 8.10. The van der Waals surface area contributed by atoms with Gasteiger partial charge in [-0.1, -0.05) is 11.6 Å². The number of rotatable bonds is 3. The molecule has 0 amide bonds. The third-order valence-electron chi connectivity index (χ3n) is 2.30. The van der Waals surface area contributed by atoms with Gasteiger partial charge in [0, 0.05) is 13.1 Å². The Morgan fingerprint density at radius 1 is 1.37 bits per heavy atom. The molecule has 0 aromatic carbocycles. The van der Waals surface area contributed by atoms with E-state index in [2.05, 4.69) is 9.97 Å². The first-order valence-corrected chi connectivity index (χ1v) is 5.59. The van der Waals surface area contributed by atoms with Crippen LogP contribution in [0.3, 0.4) is 0 Å². The molecule has 2 heterocycles. The Morgan fingerprint density at radius 3 is 2.68 bits per heavy atom. The van der Waals surface area contributed by atoms with Crippen molar-refractivity contribution in [1.82, 2.24) is 9.97 Å². The zero-order chi connectivity index (χ0) is 14.0. The summed E-state index contributed by atoms with van der Waals surface area (Å²) in [5.41, 5.74) is 0. The van der Waals surface area contributed by atoms with Crippen molar-refractivity contribution in [3.05, 3.63) is 41.2 Å². The van der Waals surface area contributed by atoms with Gasteiger partial charge in [0.15, 0.2) is 0 Å². The summed E-state index contributed by atoms with van der Waals surface area (Å²) < 4.78 is 42.8. The fraction of sp³-hybridized carbons (Fsp3) is 0.273. The maximum Gasteiger partial charge on any atom is 0.451 e. The van der Waals surface area contributed by atoms with Gasteiger partial charge in [-0.3, -0.25) is 0 Å². The lowest BCUT2D eigenvalue weighted by Gasteiger charge is -2.18. The van der Waals surface area contributed by atoms with E-state index < -0.39 is 12.0 Å². The summed E-state index contributed by atoms with van der Waals surface area (Å²) in [6.45, 7) is 0.275. The molecular weight excluding hydrogens is 283 g/mol. The van der Waals surface area contributed by atoms with Crippen LogP contribution >= 0.6 is 11.6 Å². The monoisotopic (exact) mass is 291 g/mol. The Balaban J connectivity index is 2.26. The number of hydrogen-bond acceptors (Lipinski definition) is 4. The number of halogens is 4. The standard InChI is InChI=1S/C11H9ClF3N3O/c1-18(6-7-3-2-4-19-7)9-5-8(12)16-10(17-9)11(13,14)15/h2-5H,6H2,1H3. The molecule has 0 radical (unpaired) electrons. The lowest BCUT2D eigenvalue weighted by Crippen LogP contribution is -2.20. The Labute approximate surface area is 111 Å². The molecule has 2 rings (SSSR count). The summed E-state index contributed by atoms with van der Waals surface area (Å²) in [5, 5.41) is -0.261. The molecule has 0 aliphatic heterocycles. The Bertz CT molecular complexity index is 557. The van der Waals surface area contributed by atoms with E-state index in [4.69, 9.17) is 16.0 Å². The predicted molar refractivity (Wildman–Crippen MR) is 62.9 cm³/mol. The summed E-state index contributed by atoms with van der Waals surface area (Å²) in [5.74, 6) is -0.587. The van der Waals surface area contributed by atoms with Gasteiger partial charge in [-0.15, -0.1) is 0 Å². The van der Waals surface area contributed by atoms with Crippen molar-refractivity contribution in [2.75, 3.05) is 11.9 Å². The van der Waals surface area contributed by atoms with Crippen LogP contribution in [-0.2, 0) is 12.7 Å². The first kappa shape index (κ1) is 13.7. The quantitative estimate of drug-likeness (QED) is 0.813. The zero-order valence-corrected chi connectivity index (χ0v) is 10.5. The van der Waals surface area contributed by atoms with E-state index in [1.54, 1.807) is 19.2 Å². The van der Waals surface area contributed by atoms with Gasteiger partial charge in [0.2, 0.25) is 5.82 Å². The first-order valence-electron chi connectivity index (χ1n) is 5.21. The fourth-order valence-corrected chi connectivity index (χ4v) is 1.62. The van der Waals surface area contributed by atoms with Gasteiger partial charge in [0.05, 0.1) is 12.8 Å². The summed E-state index contributed by atoms with van der Waals surface area (Å²) in [6, 6.07) is 4.67. The SMILES string of the molecule is CN(Cc1ccco1)c1cc(Cl)nc(C(F)(F)F)n1. The van der Waals surface area contributed by atoms with E-state index in [1.807, 2.05) is 0 Å². The van der Waals surface area contributed by atoms with E-state index in [0.717, 1.165) is 0 Å². The molecule has 0 spiro atoms. The second kappa shape index (κ2) is 5.08. The number of hydrogen-bond donors (Lipinski definition) is 0. The number of alkyl halides is 3. The highest BCUT2D eigenvalue weighted by Crippen LogP contribution is 2.29. The van der Waals surface area contributed by atoms with Crippen molar-refractivity contribution in [3.8, 4) is 0 Å². The van der Waals surface area contributed by atoms with Crippen molar-refractivity contribution in [1.29, 1.82) is 0 Å². The minimum atomic E-state index is -4.63. The Kier molecular flexibility index (Phi) is 3.66. The molecule has 0 unspecified atom stereocenters. The third kappa shape index (κ3) is 3.37. The summed E-state index contributed by atoms with van der Waals surface area (Å²) in [7, 11) is 1.58. The highest BCUT2D eigenvalue weighted by molar-refractivity contribution is 6.29. The van der Waals surface area contributed by atoms with Crippen LogP contribution in [0.5, 0.6) is 0 Å². The molecule has 0 aliphatic carbocycles. The van der Waals surface area contributed by atoms with Crippen molar-refractivity contribution < 1.29 is 17.6 Å². The predicted octanol–water partition coefficient (Wildman–Crippen LogP) is 3.38. The molecule has 2 aromatic rings. The van der Waals surface area contributed by atoms with Gasteiger partial charge in [0.25, 0.3) is 0 Å². The molecular formula is C11H9ClF3N3O. The third-order valence-corrected chi connectivity index (χ3v) is 2.49. The molecule has 0 fully saturated rings. The first-order chi connectivity index (χ1) is 8.86. The zero-order valence-electron chi connectivity index (χ0n) is 9.78. The second-order valence-corrected chi connectivity index (χ2v) is 4.19. The van der Waals surface area contributed by atoms with Gasteiger partial charge in [-0.25, -0.2) is 9.97 Å². The van der Waals surface area contributed by atoms with E-state index in [0.29, 0.717) is 5.76 Å². The molecule has 0 N–H and O–H groups in total. The highest BCUT2D eigenvalue weighted by Gasteiger charge is 2.35. The molecule has 2 aromatic heterocycles. The normalized spacial score (nSPS) is 11.6. The average Bonchev–Trinajstić information content (AvgIpc) is 2.79. The van der Waals surface area contributed by atoms with Crippen molar-refractivity contribution in [2.24, 2.45) is 0 Å². The van der Waals surface area contributed by atoms with Crippen molar-refractivity contribution in [2.45, 2.75) is 12.7 Å². The van der Waals surface area contributed by atoms with Crippen LogP contribution in [0, 0.1) is 0 Å². The summed E-state index contributed by atoms with van der Waals surface area (Å²) >= 11 is 5.58. The topological polar surface area (TPSA) is 42.2 Å². The molecule has 8 heteroatoms. The molecule has 4 nitrogen and oxygen atoms in total. The molecule has 0 saturated carbocycles. The lowest BCUT2D eigenvalue weighted by atomic mass is 10.4. The maximum absolute atomic E-state index is 12.6. The molecule has 0 bridgehead atoms. The average molecular weight is 292 g/mol. The van der Waals surface area contributed by atoms with E-state index in [9.17, 15) is 13.2 Å². The molecule has 0 atom stereocenters. The van der Waals surface area contributed by atoms with Crippen molar-refractivity contribution >= 4 is 17.4 Å². The van der Waals surface area contributed by atoms with Crippen LogP contribution in [0.15, 0.2) is 28.9 Å². The highest BCUT2D eigenvalue weighted by atomic mass is 35.5. The minimum Gasteiger partial charge on any atom is -0.467 e. The number of aromatic nitrogens is 2. The van der Waals surface area contributed by atoms with Crippen molar-refractivity contribution in [3.63, 3.8) is 0 Å². The smallest absolute Gasteiger partial charge is 0.451 e. The fourth-order valence-electron chi connectivity index (χ4n) is 1.45. The van der Waals surface area contributed by atoms with Crippen LogP contribution in [0.25, 0.3) is 0 Å².